The number of nitrogens with one attached hydrogen (secondary N) is 1. The fourth-order valence-electron chi connectivity index (χ4n) is 2.81. The van der Waals surface area contributed by atoms with Crippen LogP contribution < -0.4 is 5.32 Å². The Balaban J connectivity index is 2.07. The van der Waals surface area contributed by atoms with Gasteiger partial charge in [-0.1, -0.05) is 39.0 Å². The third-order valence-electron chi connectivity index (χ3n) is 4.14. The molecule has 0 saturated carbocycles. The Labute approximate surface area is 121 Å². The summed E-state index contributed by atoms with van der Waals surface area (Å²) in [5.41, 5.74) is 4.44. The van der Waals surface area contributed by atoms with Gasteiger partial charge in [-0.2, -0.15) is 0 Å². The summed E-state index contributed by atoms with van der Waals surface area (Å²) in [6.45, 7) is 6.78. The highest BCUT2D eigenvalue weighted by Crippen LogP contribution is 2.28. The quantitative estimate of drug-likeness (QED) is 0.834. The number of hydrogen-bond donors (Lipinski definition) is 2. The van der Waals surface area contributed by atoms with Gasteiger partial charge in [-0.25, -0.2) is 0 Å². The van der Waals surface area contributed by atoms with E-state index in [4.69, 9.17) is 5.11 Å². The molecule has 0 heterocycles. The van der Waals surface area contributed by atoms with Gasteiger partial charge in [-0.3, -0.25) is 4.79 Å². The van der Waals surface area contributed by atoms with Crippen LogP contribution in [0.1, 0.15) is 50.3 Å². The Hall–Kier alpha value is -1.35. The molecule has 2 rings (SSSR count). The van der Waals surface area contributed by atoms with E-state index in [1.165, 1.54) is 16.7 Å². The summed E-state index contributed by atoms with van der Waals surface area (Å²) < 4.78 is 0. The first-order valence-corrected chi connectivity index (χ1v) is 7.44. The molecule has 0 aliphatic heterocycles. The van der Waals surface area contributed by atoms with Crippen molar-refractivity contribution in [3.8, 4) is 0 Å². The molecule has 20 heavy (non-hydrogen) atoms. The molecule has 0 radical (unpaired) electrons. The largest absolute Gasteiger partial charge is 0.480 e. The SMILES string of the molecule is CC(C)(C)c1ccc2c(c1)CCC(NCC(=O)O)CC2. The average Bonchev–Trinajstić information content (AvgIpc) is 2.57. The summed E-state index contributed by atoms with van der Waals surface area (Å²) in [4.78, 5) is 10.6. The first kappa shape index (κ1) is 15.0. The third kappa shape index (κ3) is 3.83. The molecule has 3 heteroatoms. The Kier molecular flexibility index (Phi) is 4.48. The minimum absolute atomic E-state index is 0.0637. The van der Waals surface area contributed by atoms with Crippen LogP contribution in [0, 0.1) is 0 Å². The Bertz CT molecular complexity index is 488. The van der Waals surface area contributed by atoms with E-state index >= 15 is 0 Å². The number of fused-ring (bicyclic) bond motifs is 1. The number of carbonyl (C=O) groups is 1. The molecule has 0 fully saturated rings. The third-order valence-corrected chi connectivity index (χ3v) is 4.14. The van der Waals surface area contributed by atoms with Gasteiger partial charge < -0.3 is 10.4 Å². The van der Waals surface area contributed by atoms with Gasteiger partial charge in [0.05, 0.1) is 6.54 Å². The molecule has 1 aliphatic carbocycles. The second-order valence-electron chi connectivity index (χ2n) is 6.78. The molecule has 0 bridgehead atoms. The minimum atomic E-state index is -0.776. The van der Waals surface area contributed by atoms with Crippen LogP contribution in [0.2, 0.25) is 0 Å². The van der Waals surface area contributed by atoms with Crippen molar-refractivity contribution < 1.29 is 9.90 Å². The maximum Gasteiger partial charge on any atom is 0.317 e. The van der Waals surface area contributed by atoms with Crippen LogP contribution in [0.3, 0.4) is 0 Å². The minimum Gasteiger partial charge on any atom is -0.480 e. The standard InChI is InChI=1S/C17H25NO2/c1-17(2,3)14-7-4-12-5-8-15(18-11-16(19)20)9-6-13(12)10-14/h4,7,10,15,18H,5-6,8-9,11H2,1-3H3,(H,19,20). The molecule has 1 unspecified atom stereocenters. The van der Waals surface area contributed by atoms with Gasteiger partial charge >= 0.3 is 5.97 Å². The number of rotatable bonds is 3. The van der Waals surface area contributed by atoms with E-state index in [0.29, 0.717) is 6.04 Å². The molecular formula is C17H25NO2. The van der Waals surface area contributed by atoms with Crippen LogP contribution in [0.5, 0.6) is 0 Å². The van der Waals surface area contributed by atoms with Crippen molar-refractivity contribution in [2.75, 3.05) is 6.54 Å². The second-order valence-corrected chi connectivity index (χ2v) is 6.78. The van der Waals surface area contributed by atoms with Gasteiger partial charge in [0.1, 0.15) is 0 Å². The zero-order valence-electron chi connectivity index (χ0n) is 12.7. The van der Waals surface area contributed by atoms with Crippen molar-refractivity contribution in [1.82, 2.24) is 5.32 Å². The van der Waals surface area contributed by atoms with Crippen LogP contribution >= 0.6 is 0 Å². The Morgan fingerprint density at radius 2 is 1.90 bits per heavy atom. The monoisotopic (exact) mass is 275 g/mol. The smallest absolute Gasteiger partial charge is 0.317 e. The molecule has 1 aliphatic rings. The van der Waals surface area contributed by atoms with Gasteiger partial charge in [0, 0.05) is 6.04 Å². The van der Waals surface area contributed by atoms with Crippen LogP contribution in [-0.4, -0.2) is 23.7 Å². The van der Waals surface area contributed by atoms with Crippen LogP contribution in [0.15, 0.2) is 18.2 Å². The molecule has 1 atom stereocenters. The predicted octanol–water partition coefficient (Wildman–Crippen LogP) is 2.91. The molecule has 1 aromatic rings. The predicted molar refractivity (Wildman–Crippen MR) is 81.2 cm³/mol. The molecule has 2 N–H and O–H groups in total. The van der Waals surface area contributed by atoms with Crippen molar-refractivity contribution in [1.29, 1.82) is 0 Å². The topological polar surface area (TPSA) is 49.3 Å². The summed E-state index contributed by atoms with van der Waals surface area (Å²) in [6, 6.07) is 7.16. The van der Waals surface area contributed by atoms with E-state index in [-0.39, 0.29) is 12.0 Å². The average molecular weight is 275 g/mol. The van der Waals surface area contributed by atoms with E-state index in [9.17, 15) is 4.79 Å². The first-order chi connectivity index (χ1) is 9.36. The Morgan fingerprint density at radius 1 is 1.25 bits per heavy atom. The highest BCUT2D eigenvalue weighted by molar-refractivity contribution is 5.69. The molecule has 110 valence electrons. The molecule has 0 amide bonds. The fourth-order valence-corrected chi connectivity index (χ4v) is 2.81. The highest BCUT2D eigenvalue weighted by atomic mass is 16.4. The number of hydrogen-bond acceptors (Lipinski definition) is 2. The Morgan fingerprint density at radius 3 is 2.50 bits per heavy atom. The van der Waals surface area contributed by atoms with Gasteiger partial charge in [-0.15, -0.1) is 0 Å². The number of carboxylic acids is 1. The van der Waals surface area contributed by atoms with Crippen molar-refractivity contribution >= 4 is 5.97 Å². The summed E-state index contributed by atoms with van der Waals surface area (Å²) in [7, 11) is 0. The van der Waals surface area contributed by atoms with Crippen LogP contribution in [0.25, 0.3) is 0 Å². The number of aryl methyl sites for hydroxylation is 2. The summed E-state index contributed by atoms with van der Waals surface area (Å²) in [5, 5.41) is 11.9. The fraction of sp³-hybridized carbons (Fsp3) is 0.588. The summed E-state index contributed by atoms with van der Waals surface area (Å²) in [5.74, 6) is -0.776. The van der Waals surface area contributed by atoms with Crippen molar-refractivity contribution in [3.05, 3.63) is 34.9 Å². The molecular weight excluding hydrogens is 250 g/mol. The molecule has 1 aromatic carbocycles. The van der Waals surface area contributed by atoms with Gasteiger partial charge in [0.2, 0.25) is 0 Å². The van der Waals surface area contributed by atoms with Crippen molar-refractivity contribution in [2.24, 2.45) is 0 Å². The second kappa shape index (κ2) is 5.96. The maximum absolute atomic E-state index is 10.6. The molecule has 0 aromatic heterocycles. The lowest BCUT2D eigenvalue weighted by Gasteiger charge is -2.21. The van der Waals surface area contributed by atoms with E-state index < -0.39 is 5.97 Å². The van der Waals surface area contributed by atoms with E-state index in [2.05, 4.69) is 44.3 Å². The van der Waals surface area contributed by atoms with Crippen LogP contribution in [0.4, 0.5) is 0 Å². The number of aliphatic carboxylic acids is 1. The molecule has 0 saturated heterocycles. The van der Waals surface area contributed by atoms with Gasteiger partial charge in [-0.05, 0) is 47.8 Å². The van der Waals surface area contributed by atoms with Gasteiger partial charge in [0.15, 0.2) is 0 Å². The normalized spacial score (nSPS) is 19.2. The van der Waals surface area contributed by atoms with E-state index in [1.807, 2.05) is 0 Å². The zero-order chi connectivity index (χ0) is 14.8. The van der Waals surface area contributed by atoms with Crippen molar-refractivity contribution in [2.45, 2.75) is 57.9 Å². The molecule has 3 nitrogen and oxygen atoms in total. The lowest BCUT2D eigenvalue weighted by atomic mass is 9.84. The number of benzene rings is 1. The van der Waals surface area contributed by atoms with E-state index in [0.717, 1.165) is 25.7 Å². The van der Waals surface area contributed by atoms with E-state index in [1.54, 1.807) is 0 Å². The lowest BCUT2D eigenvalue weighted by Crippen LogP contribution is -2.33. The maximum atomic E-state index is 10.6. The molecule has 0 spiro atoms. The zero-order valence-corrected chi connectivity index (χ0v) is 12.7. The summed E-state index contributed by atoms with van der Waals surface area (Å²) in [6.07, 6.45) is 4.12. The lowest BCUT2D eigenvalue weighted by molar-refractivity contribution is -0.136. The van der Waals surface area contributed by atoms with Crippen LogP contribution in [-0.2, 0) is 23.1 Å². The first-order valence-electron chi connectivity index (χ1n) is 7.44. The summed E-state index contributed by atoms with van der Waals surface area (Å²) >= 11 is 0. The van der Waals surface area contributed by atoms with Gasteiger partial charge in [0.25, 0.3) is 0 Å². The number of carboxylic acid groups (broad SMARTS) is 1. The van der Waals surface area contributed by atoms with Crippen molar-refractivity contribution in [3.63, 3.8) is 0 Å². The highest BCUT2D eigenvalue weighted by Gasteiger charge is 2.19.